The average molecular weight is 396 g/mol. The van der Waals surface area contributed by atoms with Crippen LogP contribution in [0.1, 0.15) is 21.0 Å². The Bertz CT molecular complexity index is 913. The molecule has 0 aliphatic rings. The lowest BCUT2D eigenvalue weighted by atomic mass is 10.2. The van der Waals surface area contributed by atoms with Crippen LogP contribution in [0.15, 0.2) is 77.3 Å². The van der Waals surface area contributed by atoms with Gasteiger partial charge in [0.1, 0.15) is 11.4 Å². The highest BCUT2D eigenvalue weighted by atomic mass is 79.9. The Labute approximate surface area is 153 Å². The number of aromatic nitrogens is 1. The van der Waals surface area contributed by atoms with Crippen LogP contribution in [0.2, 0.25) is 0 Å². The number of nitrogens with zero attached hydrogens (tertiary/aromatic N) is 1. The maximum Gasteiger partial charge on any atom is 0.274 e. The minimum Gasteiger partial charge on any atom is -0.321 e. The van der Waals surface area contributed by atoms with Crippen LogP contribution in [-0.2, 0) is 0 Å². The number of anilines is 2. The number of carbonyl (C=O) groups is 2. The zero-order chi connectivity index (χ0) is 17.6. The van der Waals surface area contributed by atoms with Crippen LogP contribution >= 0.6 is 15.9 Å². The van der Waals surface area contributed by atoms with Gasteiger partial charge in [0.2, 0.25) is 0 Å². The highest BCUT2D eigenvalue weighted by Crippen LogP contribution is 2.16. The van der Waals surface area contributed by atoms with Gasteiger partial charge in [-0.15, -0.1) is 0 Å². The summed E-state index contributed by atoms with van der Waals surface area (Å²) >= 11 is 3.35. The van der Waals surface area contributed by atoms with E-state index in [2.05, 4.69) is 31.5 Å². The molecule has 25 heavy (non-hydrogen) atoms. The summed E-state index contributed by atoms with van der Waals surface area (Å²) in [6.07, 6.45) is 0. The summed E-state index contributed by atoms with van der Waals surface area (Å²) < 4.78 is 0.856. The fraction of sp³-hybridized carbons (Fsp3) is 0. The Hall–Kier alpha value is -2.99. The van der Waals surface area contributed by atoms with Crippen molar-refractivity contribution in [3.05, 3.63) is 88.7 Å². The molecule has 0 spiro atoms. The third-order valence-corrected chi connectivity index (χ3v) is 3.82. The van der Waals surface area contributed by atoms with E-state index in [1.54, 1.807) is 42.5 Å². The second kappa shape index (κ2) is 7.72. The number of pyridine rings is 1. The molecule has 0 bridgehead atoms. The van der Waals surface area contributed by atoms with Crippen LogP contribution in [-0.4, -0.2) is 16.8 Å². The third kappa shape index (κ3) is 4.51. The molecule has 0 atom stereocenters. The van der Waals surface area contributed by atoms with Crippen molar-refractivity contribution >= 4 is 39.1 Å². The smallest absolute Gasteiger partial charge is 0.274 e. The van der Waals surface area contributed by atoms with E-state index in [9.17, 15) is 9.59 Å². The average Bonchev–Trinajstić information content (AvgIpc) is 2.62. The molecule has 2 aromatic carbocycles. The number of para-hydroxylation sites is 1. The molecule has 2 N–H and O–H groups in total. The van der Waals surface area contributed by atoms with Crippen molar-refractivity contribution in [2.24, 2.45) is 0 Å². The standard InChI is InChI=1S/C19H14BrN3O2/c20-13-6-4-9-15(12-13)22-19(25)17-11-5-10-16(23-17)18(24)21-14-7-2-1-3-8-14/h1-12H,(H,21,24)(H,22,25). The number of carbonyl (C=O) groups excluding carboxylic acids is 2. The number of rotatable bonds is 4. The number of hydrogen-bond donors (Lipinski definition) is 2. The summed E-state index contributed by atoms with van der Waals surface area (Å²) in [5.41, 5.74) is 1.64. The van der Waals surface area contributed by atoms with Crippen LogP contribution < -0.4 is 10.6 Å². The van der Waals surface area contributed by atoms with Gasteiger partial charge >= 0.3 is 0 Å². The topological polar surface area (TPSA) is 71.1 Å². The molecule has 124 valence electrons. The van der Waals surface area contributed by atoms with Gasteiger partial charge < -0.3 is 10.6 Å². The van der Waals surface area contributed by atoms with E-state index in [4.69, 9.17) is 0 Å². The van der Waals surface area contributed by atoms with Crippen molar-refractivity contribution in [3.63, 3.8) is 0 Å². The van der Waals surface area contributed by atoms with Crippen molar-refractivity contribution in [3.8, 4) is 0 Å². The van der Waals surface area contributed by atoms with Gasteiger partial charge in [0.15, 0.2) is 0 Å². The molecule has 0 aliphatic carbocycles. The van der Waals surface area contributed by atoms with Crippen LogP contribution in [0.3, 0.4) is 0 Å². The van der Waals surface area contributed by atoms with E-state index in [1.165, 1.54) is 0 Å². The molecular formula is C19H14BrN3O2. The fourth-order valence-electron chi connectivity index (χ4n) is 2.17. The minimum atomic E-state index is -0.382. The second-order valence-corrected chi connectivity index (χ2v) is 6.11. The molecule has 0 saturated heterocycles. The lowest BCUT2D eigenvalue weighted by Gasteiger charge is -2.07. The number of halogens is 1. The van der Waals surface area contributed by atoms with Gasteiger partial charge in [-0.2, -0.15) is 0 Å². The SMILES string of the molecule is O=C(Nc1ccccc1)c1cccc(C(=O)Nc2cccc(Br)c2)n1. The fourth-order valence-corrected chi connectivity index (χ4v) is 2.56. The summed E-state index contributed by atoms with van der Waals surface area (Å²) in [5, 5.41) is 5.49. The maximum absolute atomic E-state index is 12.3. The summed E-state index contributed by atoms with van der Waals surface area (Å²) in [6, 6.07) is 21.1. The monoisotopic (exact) mass is 395 g/mol. The Kier molecular flexibility index (Phi) is 5.20. The molecule has 1 heterocycles. The van der Waals surface area contributed by atoms with E-state index >= 15 is 0 Å². The quantitative estimate of drug-likeness (QED) is 0.689. The van der Waals surface area contributed by atoms with E-state index in [0.29, 0.717) is 11.4 Å². The number of hydrogen-bond acceptors (Lipinski definition) is 3. The highest BCUT2D eigenvalue weighted by Gasteiger charge is 2.13. The number of benzene rings is 2. The Morgan fingerprint density at radius 2 is 1.28 bits per heavy atom. The van der Waals surface area contributed by atoms with Crippen LogP contribution in [0, 0.1) is 0 Å². The minimum absolute atomic E-state index is 0.167. The summed E-state index contributed by atoms with van der Waals surface area (Å²) in [7, 11) is 0. The number of amides is 2. The predicted octanol–water partition coefficient (Wildman–Crippen LogP) is 4.35. The molecule has 5 nitrogen and oxygen atoms in total. The molecule has 0 radical (unpaired) electrons. The normalized spacial score (nSPS) is 10.1. The first kappa shape index (κ1) is 16.9. The van der Waals surface area contributed by atoms with Crippen LogP contribution in [0.5, 0.6) is 0 Å². The highest BCUT2D eigenvalue weighted by molar-refractivity contribution is 9.10. The van der Waals surface area contributed by atoms with E-state index < -0.39 is 0 Å². The summed E-state index contributed by atoms with van der Waals surface area (Å²) in [6.45, 7) is 0. The van der Waals surface area contributed by atoms with E-state index in [0.717, 1.165) is 4.47 Å². The van der Waals surface area contributed by atoms with Crippen molar-refractivity contribution in [1.29, 1.82) is 0 Å². The Morgan fingerprint density at radius 3 is 1.92 bits per heavy atom. The van der Waals surface area contributed by atoms with Gasteiger partial charge in [-0.25, -0.2) is 4.98 Å². The molecular weight excluding hydrogens is 382 g/mol. The van der Waals surface area contributed by atoms with Crippen molar-refractivity contribution < 1.29 is 9.59 Å². The number of nitrogens with one attached hydrogen (secondary N) is 2. The first-order valence-electron chi connectivity index (χ1n) is 7.52. The third-order valence-electron chi connectivity index (χ3n) is 3.33. The second-order valence-electron chi connectivity index (χ2n) is 5.19. The van der Waals surface area contributed by atoms with Gasteiger partial charge in [0.25, 0.3) is 11.8 Å². The zero-order valence-electron chi connectivity index (χ0n) is 13.1. The molecule has 0 saturated carbocycles. The molecule has 0 fully saturated rings. The van der Waals surface area contributed by atoms with Gasteiger partial charge in [-0.3, -0.25) is 9.59 Å². The van der Waals surface area contributed by atoms with Crippen molar-refractivity contribution in [1.82, 2.24) is 4.98 Å². The van der Waals surface area contributed by atoms with Gasteiger partial charge in [0.05, 0.1) is 0 Å². The first-order chi connectivity index (χ1) is 12.1. The molecule has 3 aromatic rings. The molecule has 3 rings (SSSR count). The summed E-state index contributed by atoms with van der Waals surface area (Å²) in [4.78, 5) is 28.8. The lowest BCUT2D eigenvalue weighted by Crippen LogP contribution is -2.18. The first-order valence-corrected chi connectivity index (χ1v) is 8.31. The molecule has 0 unspecified atom stereocenters. The van der Waals surface area contributed by atoms with Crippen LogP contribution in [0.4, 0.5) is 11.4 Å². The van der Waals surface area contributed by atoms with Crippen molar-refractivity contribution in [2.75, 3.05) is 10.6 Å². The largest absolute Gasteiger partial charge is 0.321 e. The summed E-state index contributed by atoms with van der Waals surface area (Å²) in [5.74, 6) is -0.754. The molecule has 2 amide bonds. The lowest BCUT2D eigenvalue weighted by molar-refractivity contribution is 0.101. The molecule has 1 aromatic heterocycles. The van der Waals surface area contributed by atoms with E-state index in [1.807, 2.05) is 30.3 Å². The van der Waals surface area contributed by atoms with Crippen molar-refractivity contribution in [2.45, 2.75) is 0 Å². The van der Waals surface area contributed by atoms with Crippen LogP contribution in [0.25, 0.3) is 0 Å². The molecule has 0 aliphatic heterocycles. The Morgan fingerprint density at radius 1 is 0.720 bits per heavy atom. The molecule has 6 heteroatoms. The zero-order valence-corrected chi connectivity index (χ0v) is 14.7. The maximum atomic E-state index is 12.3. The van der Waals surface area contributed by atoms with Gasteiger partial charge in [0, 0.05) is 15.8 Å². The van der Waals surface area contributed by atoms with Gasteiger partial charge in [-0.1, -0.05) is 46.3 Å². The Balaban J connectivity index is 1.74. The predicted molar refractivity (Wildman–Crippen MR) is 101 cm³/mol. The van der Waals surface area contributed by atoms with E-state index in [-0.39, 0.29) is 23.2 Å². The van der Waals surface area contributed by atoms with Gasteiger partial charge in [-0.05, 0) is 42.5 Å².